The van der Waals surface area contributed by atoms with E-state index in [0.717, 1.165) is 0 Å². The molecule has 1 aromatic carbocycles. The molecule has 7 heteroatoms. The predicted molar refractivity (Wildman–Crippen MR) is 71.5 cm³/mol. The van der Waals surface area contributed by atoms with Crippen LogP contribution in [-0.2, 0) is 4.79 Å². The number of hydrogen-bond donors (Lipinski definition) is 3. The van der Waals surface area contributed by atoms with Crippen LogP contribution in [0.2, 0.25) is 0 Å². The smallest absolute Gasteiger partial charge is 0.326 e. The molecule has 3 N–H and O–H groups in total. The number of benzene rings is 1. The molecule has 0 saturated carbocycles. The van der Waals surface area contributed by atoms with Gasteiger partial charge in [-0.2, -0.15) is 5.10 Å². The Morgan fingerprint density at radius 2 is 2.00 bits per heavy atom. The van der Waals surface area contributed by atoms with E-state index in [-0.39, 0.29) is 12.1 Å². The summed E-state index contributed by atoms with van der Waals surface area (Å²) in [4.78, 5) is 34.6. The second kappa shape index (κ2) is 5.52. The van der Waals surface area contributed by atoms with Crippen LogP contribution < -0.4 is 10.9 Å². The lowest BCUT2D eigenvalue weighted by molar-refractivity contribution is -0.139. The lowest BCUT2D eigenvalue weighted by atomic mass is 10.1. The molecule has 2 aromatic rings. The molecule has 0 unspecified atom stereocenters. The summed E-state index contributed by atoms with van der Waals surface area (Å²) in [5.74, 6) is -1.75. The monoisotopic (exact) mass is 275 g/mol. The Hall–Kier alpha value is -2.70. The fourth-order valence-electron chi connectivity index (χ4n) is 1.85. The Kier molecular flexibility index (Phi) is 3.79. The highest BCUT2D eigenvalue weighted by atomic mass is 16.4. The van der Waals surface area contributed by atoms with E-state index < -0.39 is 23.5 Å². The molecule has 0 aliphatic rings. The minimum absolute atomic E-state index is 0.0000926. The standard InChI is InChI=1S/C13H13N3O4/c1-2-9(13(19)20)14-12(18)10-7-5-3-4-6-8(7)11(17)16-15-10/h3-6,9H,2H2,1H3,(H,14,18)(H,16,17)(H,19,20)/t9-/m0/s1. The van der Waals surface area contributed by atoms with E-state index in [1.54, 1.807) is 31.2 Å². The van der Waals surface area contributed by atoms with Gasteiger partial charge in [0.15, 0.2) is 5.69 Å². The van der Waals surface area contributed by atoms with Gasteiger partial charge in [0.25, 0.3) is 11.5 Å². The number of aromatic amines is 1. The SMILES string of the molecule is CC[C@H](NC(=O)c1n[nH]c(=O)c2ccccc12)C(=O)O. The van der Waals surface area contributed by atoms with Gasteiger partial charge in [0, 0.05) is 5.39 Å². The van der Waals surface area contributed by atoms with E-state index in [0.29, 0.717) is 10.8 Å². The lowest BCUT2D eigenvalue weighted by Crippen LogP contribution is -2.41. The van der Waals surface area contributed by atoms with Crippen LogP contribution in [0.3, 0.4) is 0 Å². The number of H-pyrrole nitrogens is 1. The number of carboxylic acids is 1. The molecule has 104 valence electrons. The molecule has 0 aliphatic carbocycles. The van der Waals surface area contributed by atoms with Gasteiger partial charge in [-0.25, -0.2) is 9.89 Å². The van der Waals surface area contributed by atoms with Gasteiger partial charge in [-0.3, -0.25) is 9.59 Å². The number of amides is 1. The van der Waals surface area contributed by atoms with Crippen molar-refractivity contribution >= 4 is 22.6 Å². The second-order valence-electron chi connectivity index (χ2n) is 4.22. The van der Waals surface area contributed by atoms with Crippen molar-refractivity contribution in [3.05, 3.63) is 40.3 Å². The molecule has 7 nitrogen and oxygen atoms in total. The molecule has 1 amide bonds. The zero-order chi connectivity index (χ0) is 14.7. The van der Waals surface area contributed by atoms with Crippen molar-refractivity contribution in [2.24, 2.45) is 0 Å². The minimum Gasteiger partial charge on any atom is -0.480 e. The summed E-state index contributed by atoms with van der Waals surface area (Å²) in [7, 11) is 0. The molecule has 1 aromatic heterocycles. The minimum atomic E-state index is -1.12. The van der Waals surface area contributed by atoms with E-state index in [1.807, 2.05) is 0 Å². The largest absolute Gasteiger partial charge is 0.480 e. The van der Waals surface area contributed by atoms with Crippen LogP contribution in [0.4, 0.5) is 0 Å². The van der Waals surface area contributed by atoms with Gasteiger partial charge in [-0.15, -0.1) is 0 Å². The van der Waals surface area contributed by atoms with Gasteiger partial charge in [-0.05, 0) is 12.5 Å². The molecule has 0 aliphatic heterocycles. The molecule has 2 rings (SSSR count). The fourth-order valence-corrected chi connectivity index (χ4v) is 1.85. The number of rotatable bonds is 4. The summed E-state index contributed by atoms with van der Waals surface area (Å²) < 4.78 is 0. The Bertz CT molecular complexity index is 723. The van der Waals surface area contributed by atoms with Crippen LogP contribution in [0.25, 0.3) is 10.8 Å². The van der Waals surface area contributed by atoms with Crippen LogP contribution in [0, 0.1) is 0 Å². The van der Waals surface area contributed by atoms with Gasteiger partial charge in [0.05, 0.1) is 5.39 Å². The molecular formula is C13H13N3O4. The van der Waals surface area contributed by atoms with Crippen molar-refractivity contribution in [2.75, 3.05) is 0 Å². The third-order valence-corrected chi connectivity index (χ3v) is 2.92. The normalized spacial score (nSPS) is 12.1. The lowest BCUT2D eigenvalue weighted by Gasteiger charge is -2.12. The van der Waals surface area contributed by atoms with Crippen molar-refractivity contribution in [3.63, 3.8) is 0 Å². The molecule has 0 saturated heterocycles. The number of carboxylic acid groups (broad SMARTS) is 1. The Balaban J connectivity index is 2.43. The first kappa shape index (κ1) is 13.7. The molecule has 0 spiro atoms. The molecule has 0 fully saturated rings. The summed E-state index contributed by atoms with van der Waals surface area (Å²) in [5.41, 5.74) is -0.401. The molecule has 0 bridgehead atoms. The Labute approximate surface area is 113 Å². The maximum Gasteiger partial charge on any atom is 0.326 e. The number of carbonyl (C=O) groups is 2. The number of carbonyl (C=O) groups excluding carboxylic acids is 1. The van der Waals surface area contributed by atoms with Crippen LogP contribution in [-0.4, -0.2) is 33.2 Å². The van der Waals surface area contributed by atoms with E-state index in [4.69, 9.17) is 5.11 Å². The van der Waals surface area contributed by atoms with Gasteiger partial charge in [-0.1, -0.05) is 25.1 Å². The first-order valence-corrected chi connectivity index (χ1v) is 6.05. The second-order valence-corrected chi connectivity index (χ2v) is 4.22. The average Bonchev–Trinajstić information content (AvgIpc) is 2.45. The molecule has 20 heavy (non-hydrogen) atoms. The number of aliphatic carboxylic acids is 1. The van der Waals surface area contributed by atoms with Crippen molar-refractivity contribution in [1.82, 2.24) is 15.5 Å². The zero-order valence-corrected chi connectivity index (χ0v) is 10.7. The first-order chi connectivity index (χ1) is 9.54. The highest BCUT2D eigenvalue weighted by molar-refractivity contribution is 6.05. The number of nitrogens with one attached hydrogen (secondary N) is 2. The molecule has 1 heterocycles. The van der Waals surface area contributed by atoms with E-state index in [9.17, 15) is 14.4 Å². The molecular weight excluding hydrogens is 262 g/mol. The van der Waals surface area contributed by atoms with Crippen molar-refractivity contribution in [1.29, 1.82) is 0 Å². The number of hydrogen-bond acceptors (Lipinski definition) is 4. The van der Waals surface area contributed by atoms with E-state index in [1.165, 1.54) is 0 Å². The third-order valence-electron chi connectivity index (χ3n) is 2.92. The van der Waals surface area contributed by atoms with Crippen molar-refractivity contribution in [3.8, 4) is 0 Å². The average molecular weight is 275 g/mol. The maximum absolute atomic E-state index is 12.1. The van der Waals surface area contributed by atoms with E-state index in [2.05, 4.69) is 15.5 Å². The summed E-state index contributed by atoms with van der Waals surface area (Å²) >= 11 is 0. The van der Waals surface area contributed by atoms with Gasteiger partial charge in [0.1, 0.15) is 6.04 Å². The van der Waals surface area contributed by atoms with Crippen LogP contribution in [0.5, 0.6) is 0 Å². The number of fused-ring (bicyclic) bond motifs is 1. The summed E-state index contributed by atoms with van der Waals surface area (Å²) in [6.45, 7) is 1.65. The molecule has 0 radical (unpaired) electrons. The third kappa shape index (κ3) is 2.51. The number of nitrogens with zero attached hydrogens (tertiary/aromatic N) is 1. The van der Waals surface area contributed by atoms with Crippen LogP contribution in [0.1, 0.15) is 23.8 Å². The predicted octanol–water partition coefficient (Wildman–Crippen LogP) is 0.516. The fraction of sp³-hybridized carbons (Fsp3) is 0.231. The van der Waals surface area contributed by atoms with Crippen LogP contribution in [0.15, 0.2) is 29.1 Å². The van der Waals surface area contributed by atoms with Crippen molar-refractivity contribution in [2.45, 2.75) is 19.4 Å². The topological polar surface area (TPSA) is 112 Å². The van der Waals surface area contributed by atoms with Crippen LogP contribution >= 0.6 is 0 Å². The summed E-state index contributed by atoms with van der Waals surface area (Å²) in [6, 6.07) is 5.52. The Morgan fingerprint density at radius 1 is 1.35 bits per heavy atom. The van der Waals surface area contributed by atoms with Gasteiger partial charge >= 0.3 is 5.97 Å². The van der Waals surface area contributed by atoms with Gasteiger partial charge in [0.2, 0.25) is 0 Å². The highest BCUT2D eigenvalue weighted by Crippen LogP contribution is 2.12. The highest BCUT2D eigenvalue weighted by Gasteiger charge is 2.21. The van der Waals surface area contributed by atoms with Crippen molar-refractivity contribution < 1.29 is 14.7 Å². The Morgan fingerprint density at radius 3 is 2.60 bits per heavy atom. The van der Waals surface area contributed by atoms with Gasteiger partial charge < -0.3 is 10.4 Å². The summed E-state index contributed by atoms with van der Waals surface area (Å²) in [6.07, 6.45) is 0.252. The zero-order valence-electron chi connectivity index (χ0n) is 10.7. The maximum atomic E-state index is 12.1. The number of aromatic nitrogens is 2. The first-order valence-electron chi connectivity index (χ1n) is 6.05. The summed E-state index contributed by atoms with van der Waals surface area (Å²) in [5, 5.41) is 18.0. The molecule has 1 atom stereocenters. The van der Waals surface area contributed by atoms with E-state index >= 15 is 0 Å². The quantitative estimate of drug-likeness (QED) is 0.752.